The van der Waals surface area contributed by atoms with Crippen molar-refractivity contribution in [1.29, 1.82) is 0 Å². The highest BCUT2D eigenvalue weighted by Crippen LogP contribution is 2.25. The second-order valence-corrected chi connectivity index (χ2v) is 9.38. The normalized spacial score (nSPS) is 11.8. The van der Waals surface area contributed by atoms with E-state index in [1.165, 1.54) is 11.2 Å². The third-order valence-electron chi connectivity index (χ3n) is 4.88. The summed E-state index contributed by atoms with van der Waals surface area (Å²) in [6, 6.07) is 21.3. The molecule has 1 unspecified atom stereocenters. The number of aromatic nitrogens is 1. The van der Waals surface area contributed by atoms with Gasteiger partial charge in [0.25, 0.3) is 5.91 Å². The summed E-state index contributed by atoms with van der Waals surface area (Å²) in [4.78, 5) is 18.8. The Labute approximate surface area is 187 Å². The van der Waals surface area contributed by atoms with Crippen LogP contribution >= 0.6 is 11.3 Å². The number of carbonyl (C=O) groups excluding carboxylic acids is 1. The Hall–Kier alpha value is -3.13. The van der Waals surface area contributed by atoms with Crippen LogP contribution in [0.4, 0.5) is 0 Å². The van der Waals surface area contributed by atoms with Gasteiger partial charge < -0.3 is 0 Å². The number of hydrogen-bond acceptors (Lipinski definition) is 5. The highest BCUT2D eigenvalue weighted by molar-refractivity contribution is 7.84. The van der Waals surface area contributed by atoms with Crippen LogP contribution in [0.2, 0.25) is 0 Å². The molecule has 5 nitrogen and oxygen atoms in total. The number of hydrazine groups is 1. The molecule has 4 rings (SSSR count). The minimum atomic E-state index is -0.990. The van der Waals surface area contributed by atoms with Crippen molar-refractivity contribution in [2.75, 3.05) is 6.26 Å². The van der Waals surface area contributed by atoms with E-state index < -0.39 is 10.8 Å². The van der Waals surface area contributed by atoms with E-state index in [1.807, 2.05) is 72.1 Å². The van der Waals surface area contributed by atoms with Crippen molar-refractivity contribution in [2.45, 2.75) is 11.4 Å². The first kappa shape index (κ1) is 21.1. The summed E-state index contributed by atoms with van der Waals surface area (Å²) in [5.74, 6) is 5.79. The summed E-state index contributed by atoms with van der Waals surface area (Å²) in [7, 11) is -0.990. The molecule has 0 radical (unpaired) electrons. The third-order valence-corrected chi connectivity index (χ3v) is 6.73. The van der Waals surface area contributed by atoms with Crippen LogP contribution < -0.4 is 5.84 Å². The van der Waals surface area contributed by atoms with Gasteiger partial charge in [-0.2, -0.15) is 0 Å². The van der Waals surface area contributed by atoms with Crippen LogP contribution in [-0.4, -0.2) is 26.4 Å². The zero-order chi connectivity index (χ0) is 21.8. The highest BCUT2D eigenvalue weighted by Gasteiger charge is 2.15. The number of nitrogens with two attached hydrogens (primary N) is 1. The van der Waals surface area contributed by atoms with Gasteiger partial charge in [-0.15, -0.1) is 11.3 Å². The Kier molecular flexibility index (Phi) is 6.36. The Bertz CT molecular complexity index is 1200. The largest absolute Gasteiger partial charge is 0.272 e. The summed E-state index contributed by atoms with van der Waals surface area (Å²) in [5.41, 5.74) is 4.36. The lowest BCUT2D eigenvalue weighted by molar-refractivity contribution is 0.0742. The van der Waals surface area contributed by atoms with Gasteiger partial charge in [-0.25, -0.2) is 5.84 Å². The van der Waals surface area contributed by atoms with Gasteiger partial charge in [0.2, 0.25) is 0 Å². The fraction of sp³-hybridized carbons (Fsp3) is 0.0833. The van der Waals surface area contributed by atoms with Gasteiger partial charge in [0.15, 0.2) is 0 Å². The van der Waals surface area contributed by atoms with E-state index in [0.29, 0.717) is 5.56 Å². The molecule has 0 aliphatic carbocycles. The number of pyridine rings is 1. The zero-order valence-electron chi connectivity index (χ0n) is 16.9. The quantitative estimate of drug-likeness (QED) is 0.263. The lowest BCUT2D eigenvalue weighted by Gasteiger charge is -2.17. The second-order valence-electron chi connectivity index (χ2n) is 7.05. The second kappa shape index (κ2) is 9.34. The zero-order valence-corrected chi connectivity index (χ0v) is 18.5. The van der Waals surface area contributed by atoms with Gasteiger partial charge in [0, 0.05) is 44.8 Å². The SMILES string of the molecule is CS(=O)c1ccc(-c2ccc(CN(N)C(=O)c3cncc(-c4cccs4)c3)cc2)cc1. The number of carbonyl (C=O) groups is 1. The Morgan fingerprint density at radius 1 is 1.00 bits per heavy atom. The molecule has 0 bridgehead atoms. The standard InChI is InChI=1S/C24H21N3O2S2/c1-31(29)22-10-8-19(9-11-22)18-6-4-17(5-7-18)16-27(25)24(28)21-13-20(14-26-15-21)23-3-2-12-30-23/h2-15H,16,25H2,1H3. The topological polar surface area (TPSA) is 76.3 Å². The highest BCUT2D eigenvalue weighted by atomic mass is 32.2. The predicted octanol–water partition coefficient (Wildman–Crippen LogP) is 4.73. The van der Waals surface area contributed by atoms with Gasteiger partial charge in [0.1, 0.15) is 0 Å². The van der Waals surface area contributed by atoms with E-state index in [-0.39, 0.29) is 12.5 Å². The average molecular weight is 448 g/mol. The number of hydrogen-bond donors (Lipinski definition) is 1. The summed E-state index contributed by atoms with van der Waals surface area (Å²) in [6.45, 7) is 0.288. The first-order valence-corrected chi connectivity index (χ1v) is 12.0. The Morgan fingerprint density at radius 3 is 2.29 bits per heavy atom. The average Bonchev–Trinajstić information content (AvgIpc) is 3.34. The molecular formula is C24H21N3O2S2. The van der Waals surface area contributed by atoms with Gasteiger partial charge >= 0.3 is 0 Å². The molecule has 0 saturated carbocycles. The molecule has 31 heavy (non-hydrogen) atoms. The van der Waals surface area contributed by atoms with Crippen LogP contribution in [0.3, 0.4) is 0 Å². The van der Waals surface area contributed by atoms with Crippen molar-refractivity contribution in [3.05, 3.63) is 95.6 Å². The van der Waals surface area contributed by atoms with E-state index >= 15 is 0 Å². The molecule has 0 fully saturated rings. The fourth-order valence-corrected chi connectivity index (χ4v) is 4.44. The van der Waals surface area contributed by atoms with Gasteiger partial charge in [0.05, 0.1) is 12.1 Å². The molecule has 2 N–H and O–H groups in total. The van der Waals surface area contributed by atoms with E-state index in [0.717, 1.165) is 32.0 Å². The van der Waals surface area contributed by atoms with Crippen molar-refractivity contribution in [1.82, 2.24) is 9.99 Å². The lowest BCUT2D eigenvalue weighted by atomic mass is 10.0. The van der Waals surface area contributed by atoms with E-state index in [9.17, 15) is 9.00 Å². The fourth-order valence-electron chi connectivity index (χ4n) is 3.21. The number of thiophene rings is 1. The molecule has 0 aliphatic heterocycles. The minimum Gasteiger partial charge on any atom is -0.272 e. The molecule has 0 saturated heterocycles. The van der Waals surface area contributed by atoms with Crippen molar-refractivity contribution < 1.29 is 9.00 Å². The van der Waals surface area contributed by atoms with Crippen molar-refractivity contribution in [3.8, 4) is 21.6 Å². The molecule has 4 aromatic rings. The van der Waals surface area contributed by atoms with Crippen LogP contribution in [0.25, 0.3) is 21.6 Å². The molecule has 1 atom stereocenters. The number of rotatable bonds is 6. The van der Waals surface area contributed by atoms with Gasteiger partial charge in [-0.3, -0.25) is 19.0 Å². The van der Waals surface area contributed by atoms with Crippen LogP contribution in [0.5, 0.6) is 0 Å². The first-order chi connectivity index (χ1) is 15.0. The lowest BCUT2D eigenvalue weighted by Crippen LogP contribution is -2.36. The number of benzene rings is 2. The smallest absolute Gasteiger partial charge is 0.269 e. The molecule has 2 aromatic heterocycles. The van der Waals surface area contributed by atoms with Crippen LogP contribution in [0, 0.1) is 0 Å². The van der Waals surface area contributed by atoms with Crippen LogP contribution in [0.1, 0.15) is 15.9 Å². The molecule has 2 aromatic carbocycles. The summed E-state index contributed by atoms with van der Waals surface area (Å²) in [6.07, 6.45) is 4.94. The van der Waals surface area contributed by atoms with Crippen molar-refractivity contribution in [2.24, 2.45) is 5.84 Å². The van der Waals surface area contributed by atoms with Crippen LogP contribution in [0.15, 0.2) is 89.4 Å². The predicted molar refractivity (Wildman–Crippen MR) is 126 cm³/mol. The molecule has 2 heterocycles. The summed E-state index contributed by atoms with van der Waals surface area (Å²) < 4.78 is 11.5. The summed E-state index contributed by atoms with van der Waals surface area (Å²) in [5, 5.41) is 3.19. The number of amides is 1. The molecular weight excluding hydrogens is 426 g/mol. The minimum absolute atomic E-state index is 0.280. The van der Waals surface area contributed by atoms with E-state index in [4.69, 9.17) is 5.84 Å². The molecule has 156 valence electrons. The monoisotopic (exact) mass is 447 g/mol. The van der Waals surface area contributed by atoms with Crippen molar-refractivity contribution >= 4 is 28.0 Å². The molecule has 7 heteroatoms. The maximum Gasteiger partial charge on any atom is 0.269 e. The van der Waals surface area contributed by atoms with E-state index in [1.54, 1.807) is 23.8 Å². The van der Waals surface area contributed by atoms with Gasteiger partial charge in [-0.1, -0.05) is 42.5 Å². The maximum absolute atomic E-state index is 12.8. The van der Waals surface area contributed by atoms with Gasteiger partial charge in [-0.05, 0) is 46.3 Å². The van der Waals surface area contributed by atoms with E-state index in [2.05, 4.69) is 4.98 Å². The molecule has 1 amide bonds. The van der Waals surface area contributed by atoms with Crippen molar-refractivity contribution in [3.63, 3.8) is 0 Å². The maximum atomic E-state index is 12.8. The Balaban J connectivity index is 1.45. The molecule has 0 spiro atoms. The third kappa shape index (κ3) is 4.96. The molecule has 0 aliphatic rings. The summed E-state index contributed by atoms with van der Waals surface area (Å²) >= 11 is 1.60. The Morgan fingerprint density at radius 2 is 1.68 bits per heavy atom. The van der Waals surface area contributed by atoms with Crippen LogP contribution in [-0.2, 0) is 17.3 Å². The first-order valence-electron chi connectivity index (χ1n) is 9.59. The number of nitrogens with zero attached hydrogens (tertiary/aromatic N) is 2.